The topological polar surface area (TPSA) is 51.7 Å². The van der Waals surface area contributed by atoms with Gasteiger partial charge >= 0.3 is 6.18 Å². The third-order valence-corrected chi connectivity index (χ3v) is 5.15. The monoisotopic (exact) mass is 446 g/mol. The number of allylic oxidation sites excluding steroid dienone is 3. The molecule has 0 unspecified atom stereocenters. The summed E-state index contributed by atoms with van der Waals surface area (Å²) >= 11 is 0. The Morgan fingerprint density at radius 1 is 1.09 bits per heavy atom. The first-order chi connectivity index (χ1) is 15.3. The molecule has 1 aromatic carbocycles. The largest absolute Gasteiger partial charge is 0.493 e. The number of methoxy groups -OCH3 is 2. The zero-order valence-electron chi connectivity index (χ0n) is 18.0. The molecule has 1 aliphatic rings. The normalized spacial score (nSPS) is 13.5. The number of amides is 1. The van der Waals surface area contributed by atoms with Crippen molar-refractivity contribution in [3.63, 3.8) is 0 Å². The van der Waals surface area contributed by atoms with E-state index in [1.807, 2.05) is 18.2 Å². The average Bonchev–Trinajstić information content (AvgIpc) is 2.79. The van der Waals surface area contributed by atoms with Crippen LogP contribution in [0.2, 0.25) is 0 Å². The smallest absolute Gasteiger partial charge is 0.433 e. The van der Waals surface area contributed by atoms with E-state index in [2.05, 4.69) is 4.98 Å². The third-order valence-electron chi connectivity index (χ3n) is 5.15. The molecule has 0 aliphatic heterocycles. The van der Waals surface area contributed by atoms with E-state index in [0.29, 0.717) is 29.2 Å². The minimum atomic E-state index is -4.48. The number of ether oxygens (including phenoxy) is 2. The van der Waals surface area contributed by atoms with Gasteiger partial charge in [-0.15, -0.1) is 0 Å². The van der Waals surface area contributed by atoms with Gasteiger partial charge in [0.15, 0.2) is 11.5 Å². The number of hydrogen-bond donors (Lipinski definition) is 0. The van der Waals surface area contributed by atoms with Crippen LogP contribution < -0.4 is 14.4 Å². The van der Waals surface area contributed by atoms with Gasteiger partial charge in [0.1, 0.15) is 5.69 Å². The van der Waals surface area contributed by atoms with Gasteiger partial charge < -0.3 is 14.4 Å². The molecule has 0 atom stereocenters. The van der Waals surface area contributed by atoms with Gasteiger partial charge in [-0.25, -0.2) is 0 Å². The summed E-state index contributed by atoms with van der Waals surface area (Å²) in [5.74, 6) is 0.902. The van der Waals surface area contributed by atoms with Gasteiger partial charge in [0.25, 0.3) is 0 Å². The fourth-order valence-corrected chi connectivity index (χ4v) is 3.44. The van der Waals surface area contributed by atoms with Crippen LogP contribution in [0.15, 0.2) is 60.3 Å². The molecule has 2 aromatic rings. The Kier molecular flexibility index (Phi) is 7.56. The maximum absolute atomic E-state index is 13.2. The van der Waals surface area contributed by atoms with Crippen LogP contribution in [0, 0.1) is 0 Å². The number of nitrogens with zero attached hydrogens (tertiary/aromatic N) is 2. The fourth-order valence-electron chi connectivity index (χ4n) is 3.44. The van der Waals surface area contributed by atoms with Gasteiger partial charge in [0.05, 0.1) is 20.6 Å². The number of benzene rings is 1. The van der Waals surface area contributed by atoms with Gasteiger partial charge in [-0.2, -0.15) is 13.2 Å². The van der Waals surface area contributed by atoms with Crippen LogP contribution in [0.5, 0.6) is 11.5 Å². The van der Waals surface area contributed by atoms with Crippen LogP contribution in [0.25, 0.3) is 0 Å². The molecule has 0 bridgehead atoms. The number of pyridine rings is 1. The van der Waals surface area contributed by atoms with Crippen molar-refractivity contribution in [3.05, 3.63) is 71.6 Å². The van der Waals surface area contributed by atoms with Crippen LogP contribution >= 0.6 is 0 Å². The number of carbonyl (C=O) groups is 1. The van der Waals surface area contributed by atoms with Crippen LogP contribution in [0.1, 0.15) is 30.5 Å². The second-order valence-corrected chi connectivity index (χ2v) is 7.32. The second-order valence-electron chi connectivity index (χ2n) is 7.32. The third kappa shape index (κ3) is 5.90. The van der Waals surface area contributed by atoms with E-state index in [0.717, 1.165) is 24.5 Å². The summed E-state index contributed by atoms with van der Waals surface area (Å²) in [5.41, 5.74) is 1.23. The Labute approximate surface area is 185 Å². The van der Waals surface area contributed by atoms with Crippen molar-refractivity contribution in [2.24, 2.45) is 0 Å². The number of hydrogen-bond acceptors (Lipinski definition) is 4. The molecule has 0 spiro atoms. The van der Waals surface area contributed by atoms with E-state index in [-0.39, 0.29) is 18.9 Å². The molecule has 0 saturated heterocycles. The zero-order valence-corrected chi connectivity index (χ0v) is 18.0. The molecule has 170 valence electrons. The van der Waals surface area contributed by atoms with Crippen molar-refractivity contribution in [2.45, 2.75) is 31.9 Å². The van der Waals surface area contributed by atoms with Crippen molar-refractivity contribution in [1.82, 2.24) is 4.98 Å². The lowest BCUT2D eigenvalue weighted by Crippen LogP contribution is -2.33. The Balaban J connectivity index is 1.82. The molecule has 1 aliphatic carbocycles. The van der Waals surface area contributed by atoms with Crippen molar-refractivity contribution in [3.8, 4) is 11.5 Å². The van der Waals surface area contributed by atoms with Crippen LogP contribution in [-0.2, 0) is 17.4 Å². The highest BCUT2D eigenvalue weighted by Crippen LogP contribution is 2.32. The lowest BCUT2D eigenvalue weighted by Gasteiger charge is -2.24. The average molecular weight is 446 g/mol. The summed E-state index contributed by atoms with van der Waals surface area (Å²) < 4.78 is 48.9. The SMILES string of the molecule is COc1ccc(N(CCc2ccc(C(F)(F)F)nc2)C(=O)CC2=CCCC=C2)cc1OC. The summed E-state index contributed by atoms with van der Waals surface area (Å²) in [5, 5.41) is 0. The van der Waals surface area contributed by atoms with Gasteiger partial charge in [-0.1, -0.05) is 24.3 Å². The fraction of sp³-hybridized carbons (Fsp3) is 0.333. The molecule has 0 radical (unpaired) electrons. The van der Waals surface area contributed by atoms with E-state index in [9.17, 15) is 18.0 Å². The highest BCUT2D eigenvalue weighted by molar-refractivity contribution is 5.95. The Morgan fingerprint density at radius 3 is 2.47 bits per heavy atom. The van der Waals surface area contributed by atoms with E-state index in [1.165, 1.54) is 26.5 Å². The number of rotatable bonds is 8. The summed E-state index contributed by atoms with van der Waals surface area (Å²) in [6.45, 7) is 0.276. The second kappa shape index (κ2) is 10.3. The summed E-state index contributed by atoms with van der Waals surface area (Å²) in [4.78, 5) is 18.3. The first kappa shape index (κ1) is 23.4. The van der Waals surface area contributed by atoms with Gasteiger partial charge in [0, 0.05) is 24.5 Å². The molecular weight excluding hydrogens is 421 g/mol. The first-order valence-corrected chi connectivity index (χ1v) is 10.2. The van der Waals surface area contributed by atoms with Crippen molar-refractivity contribution < 1.29 is 27.4 Å². The minimum Gasteiger partial charge on any atom is -0.493 e. The van der Waals surface area contributed by atoms with E-state index in [4.69, 9.17) is 9.47 Å². The maximum atomic E-state index is 13.2. The molecule has 1 aromatic heterocycles. The van der Waals surface area contributed by atoms with E-state index >= 15 is 0 Å². The van der Waals surface area contributed by atoms with Gasteiger partial charge in [0.2, 0.25) is 5.91 Å². The minimum absolute atomic E-state index is 0.116. The number of halogens is 3. The van der Waals surface area contributed by atoms with Crippen molar-refractivity contribution in [2.75, 3.05) is 25.7 Å². The van der Waals surface area contributed by atoms with Crippen molar-refractivity contribution >= 4 is 11.6 Å². The van der Waals surface area contributed by atoms with E-state index in [1.54, 1.807) is 23.1 Å². The van der Waals surface area contributed by atoms with Crippen LogP contribution in [0.4, 0.5) is 18.9 Å². The highest BCUT2D eigenvalue weighted by Gasteiger charge is 2.32. The lowest BCUT2D eigenvalue weighted by molar-refractivity contribution is -0.141. The quantitative estimate of drug-likeness (QED) is 0.548. The Hall–Kier alpha value is -3.29. The highest BCUT2D eigenvalue weighted by atomic mass is 19.4. The molecule has 8 heteroatoms. The summed E-state index contributed by atoms with van der Waals surface area (Å²) in [6.07, 6.45) is 5.19. The number of alkyl halides is 3. The number of anilines is 1. The molecule has 0 saturated carbocycles. The zero-order chi connectivity index (χ0) is 23.1. The summed E-state index contributed by atoms with van der Waals surface area (Å²) in [7, 11) is 3.04. The molecule has 1 amide bonds. The molecule has 0 fully saturated rings. The summed E-state index contributed by atoms with van der Waals surface area (Å²) in [6, 6.07) is 7.53. The van der Waals surface area contributed by atoms with Crippen LogP contribution in [-0.4, -0.2) is 31.7 Å². The van der Waals surface area contributed by atoms with Gasteiger partial charge in [-0.05, 0) is 48.6 Å². The van der Waals surface area contributed by atoms with Crippen molar-refractivity contribution in [1.29, 1.82) is 0 Å². The maximum Gasteiger partial charge on any atom is 0.433 e. The molecule has 32 heavy (non-hydrogen) atoms. The Morgan fingerprint density at radius 2 is 1.88 bits per heavy atom. The van der Waals surface area contributed by atoms with Crippen LogP contribution in [0.3, 0.4) is 0 Å². The first-order valence-electron chi connectivity index (χ1n) is 10.2. The predicted molar refractivity (Wildman–Crippen MR) is 116 cm³/mol. The number of carbonyl (C=O) groups excluding carboxylic acids is 1. The predicted octanol–water partition coefficient (Wildman–Crippen LogP) is 5.36. The molecule has 5 nitrogen and oxygen atoms in total. The standard InChI is InChI=1S/C24H25F3N2O3/c1-31-20-10-9-19(15-21(20)32-2)29(23(30)14-17-6-4-3-5-7-17)13-12-18-8-11-22(28-16-18)24(25,26)27/h4,6-11,15-16H,3,5,12-14H2,1-2H3. The molecular formula is C24H25F3N2O3. The Bertz CT molecular complexity index is 999. The number of aromatic nitrogens is 1. The molecule has 1 heterocycles. The lowest BCUT2D eigenvalue weighted by atomic mass is 10.0. The van der Waals surface area contributed by atoms with E-state index < -0.39 is 11.9 Å². The molecule has 3 rings (SSSR count). The van der Waals surface area contributed by atoms with Gasteiger partial charge in [-0.3, -0.25) is 9.78 Å². The molecule has 0 N–H and O–H groups in total.